The molecule has 2 aromatic carbocycles. The number of carboxylic acid groups (broad SMARTS) is 1. The number of aromatic carboxylic acids is 1. The van der Waals surface area contributed by atoms with Gasteiger partial charge in [-0.2, -0.15) is 0 Å². The highest BCUT2D eigenvalue weighted by Gasteiger charge is 2.24. The third kappa shape index (κ3) is 6.11. The summed E-state index contributed by atoms with van der Waals surface area (Å²) in [5.74, 6) is 0.0293. The van der Waals surface area contributed by atoms with Gasteiger partial charge in [0, 0.05) is 17.8 Å². The molecule has 0 aromatic heterocycles. The van der Waals surface area contributed by atoms with Crippen LogP contribution in [0.1, 0.15) is 36.7 Å². The lowest BCUT2D eigenvalue weighted by atomic mass is 10.1. The number of rotatable bonds is 9. The fraction of sp³-hybridized carbons (Fsp3) is 0.381. The summed E-state index contributed by atoms with van der Waals surface area (Å²) in [6.45, 7) is 5.59. The average molecular weight is 437 g/mol. The van der Waals surface area contributed by atoms with Crippen LogP contribution >= 0.6 is 0 Å². The first kappa shape index (κ1) is 23.5. The Morgan fingerprint density at radius 1 is 1.03 bits per heavy atom. The Bertz CT molecular complexity index is 1010. The number of nitrogens with one attached hydrogen (secondary N) is 2. The van der Waals surface area contributed by atoms with E-state index in [9.17, 15) is 18.3 Å². The van der Waals surface area contributed by atoms with E-state index in [2.05, 4.69) is 10.0 Å². The molecule has 0 unspecified atom stereocenters. The molecule has 0 aliphatic carbocycles. The van der Waals surface area contributed by atoms with Gasteiger partial charge in [-0.05, 0) is 63.1 Å². The molecular formula is C21H28N2O6S. The summed E-state index contributed by atoms with van der Waals surface area (Å²) in [6, 6.07) is 9.57. The van der Waals surface area contributed by atoms with Crippen molar-refractivity contribution in [1.29, 1.82) is 0 Å². The minimum atomic E-state index is -3.84. The van der Waals surface area contributed by atoms with Gasteiger partial charge in [-0.25, -0.2) is 17.9 Å². The van der Waals surface area contributed by atoms with Crippen LogP contribution in [-0.4, -0.2) is 45.8 Å². The number of benzene rings is 2. The molecule has 0 heterocycles. The summed E-state index contributed by atoms with van der Waals surface area (Å²) in [6.07, 6.45) is 0.602. The summed E-state index contributed by atoms with van der Waals surface area (Å²) in [4.78, 5) is 11.6. The van der Waals surface area contributed by atoms with Crippen molar-refractivity contribution >= 4 is 21.7 Å². The first-order valence-corrected chi connectivity index (χ1v) is 10.8. The van der Waals surface area contributed by atoms with Gasteiger partial charge in [0.25, 0.3) is 0 Å². The molecule has 0 aliphatic heterocycles. The molecule has 0 amide bonds. The molecule has 0 aliphatic rings. The van der Waals surface area contributed by atoms with E-state index in [4.69, 9.17) is 9.47 Å². The van der Waals surface area contributed by atoms with Gasteiger partial charge >= 0.3 is 5.97 Å². The largest absolute Gasteiger partial charge is 0.493 e. The number of ether oxygens (including phenoxy) is 2. The molecule has 0 saturated carbocycles. The Morgan fingerprint density at radius 3 is 2.27 bits per heavy atom. The first-order chi connectivity index (χ1) is 14.0. The second-order valence-electron chi connectivity index (χ2n) is 7.73. The fourth-order valence-corrected chi connectivity index (χ4v) is 4.31. The quantitative estimate of drug-likeness (QED) is 0.553. The van der Waals surface area contributed by atoms with Crippen LogP contribution in [0.25, 0.3) is 0 Å². The maximum atomic E-state index is 12.5. The van der Waals surface area contributed by atoms with Crippen molar-refractivity contribution in [3.05, 3.63) is 47.5 Å². The van der Waals surface area contributed by atoms with Crippen molar-refractivity contribution in [3.8, 4) is 11.5 Å². The zero-order chi connectivity index (χ0) is 22.5. The zero-order valence-corrected chi connectivity index (χ0v) is 18.6. The molecule has 0 radical (unpaired) electrons. The summed E-state index contributed by atoms with van der Waals surface area (Å²) in [5, 5.41) is 12.6. The van der Waals surface area contributed by atoms with Crippen molar-refractivity contribution in [1.82, 2.24) is 4.72 Å². The highest BCUT2D eigenvalue weighted by atomic mass is 32.2. The van der Waals surface area contributed by atoms with Gasteiger partial charge < -0.3 is 19.9 Å². The summed E-state index contributed by atoms with van der Waals surface area (Å²) in [7, 11) is -0.714. The second-order valence-corrected chi connectivity index (χ2v) is 9.42. The van der Waals surface area contributed by atoms with E-state index in [1.54, 1.807) is 41.1 Å². The van der Waals surface area contributed by atoms with Crippen LogP contribution in [0.2, 0.25) is 0 Å². The van der Waals surface area contributed by atoms with Crippen LogP contribution in [0.3, 0.4) is 0 Å². The molecule has 0 spiro atoms. The Kier molecular flexibility index (Phi) is 7.33. The highest BCUT2D eigenvalue weighted by molar-refractivity contribution is 7.89. The SMILES string of the molecule is COc1ccc(CCNc2ccc(S(=O)(=O)NC(C)(C)C)cc2C(=O)O)cc1OC. The Hall–Kier alpha value is -2.78. The normalized spacial score (nSPS) is 11.8. The fourth-order valence-electron chi connectivity index (χ4n) is 2.86. The lowest BCUT2D eigenvalue weighted by molar-refractivity contribution is 0.0697. The van der Waals surface area contributed by atoms with E-state index in [-0.39, 0.29) is 10.5 Å². The standard InChI is InChI=1S/C21H28N2O6S/c1-21(2,3)23-30(26,27)15-7-8-17(16(13-15)20(24)25)22-11-10-14-6-9-18(28-4)19(12-14)29-5/h6-9,12-13,22-23H,10-11H2,1-5H3,(H,24,25). The molecule has 0 fully saturated rings. The minimum Gasteiger partial charge on any atom is -0.493 e. The molecule has 2 aromatic rings. The second kappa shape index (κ2) is 9.36. The van der Waals surface area contributed by atoms with E-state index < -0.39 is 21.5 Å². The van der Waals surface area contributed by atoms with Crippen molar-refractivity contribution < 1.29 is 27.8 Å². The first-order valence-electron chi connectivity index (χ1n) is 9.33. The summed E-state index contributed by atoms with van der Waals surface area (Å²) < 4.78 is 38.0. The number of sulfonamides is 1. The van der Waals surface area contributed by atoms with Crippen LogP contribution in [-0.2, 0) is 16.4 Å². The Morgan fingerprint density at radius 2 is 1.70 bits per heavy atom. The molecule has 0 bridgehead atoms. The number of hydrogen-bond acceptors (Lipinski definition) is 6. The predicted molar refractivity (Wildman–Crippen MR) is 115 cm³/mol. The van der Waals surface area contributed by atoms with Crippen molar-refractivity contribution in [2.75, 3.05) is 26.1 Å². The lowest BCUT2D eigenvalue weighted by Gasteiger charge is -2.21. The molecule has 2 rings (SSSR count). The maximum absolute atomic E-state index is 12.5. The molecule has 0 atom stereocenters. The smallest absolute Gasteiger partial charge is 0.337 e. The van der Waals surface area contributed by atoms with Crippen LogP contribution in [0.15, 0.2) is 41.3 Å². The number of anilines is 1. The molecule has 30 heavy (non-hydrogen) atoms. The monoisotopic (exact) mass is 436 g/mol. The van der Waals surface area contributed by atoms with Gasteiger partial charge in [-0.1, -0.05) is 6.07 Å². The third-order valence-electron chi connectivity index (χ3n) is 4.15. The van der Waals surface area contributed by atoms with E-state index in [1.807, 2.05) is 12.1 Å². The van der Waals surface area contributed by atoms with Crippen LogP contribution in [0.4, 0.5) is 5.69 Å². The Balaban J connectivity index is 2.17. The number of carbonyl (C=O) groups is 1. The molecule has 8 nitrogen and oxygen atoms in total. The Labute approximate surface area is 177 Å². The van der Waals surface area contributed by atoms with E-state index in [0.29, 0.717) is 30.2 Å². The highest BCUT2D eigenvalue weighted by Crippen LogP contribution is 2.28. The van der Waals surface area contributed by atoms with E-state index >= 15 is 0 Å². The molecular weight excluding hydrogens is 408 g/mol. The van der Waals surface area contributed by atoms with Crippen LogP contribution < -0.4 is 19.5 Å². The van der Waals surface area contributed by atoms with Gasteiger partial charge in [-0.3, -0.25) is 0 Å². The molecule has 9 heteroatoms. The molecule has 164 valence electrons. The lowest BCUT2D eigenvalue weighted by Crippen LogP contribution is -2.40. The zero-order valence-electron chi connectivity index (χ0n) is 17.8. The van der Waals surface area contributed by atoms with Gasteiger partial charge in [-0.15, -0.1) is 0 Å². The number of methoxy groups -OCH3 is 2. The minimum absolute atomic E-state index is 0.0970. The number of hydrogen-bond donors (Lipinski definition) is 3. The van der Waals surface area contributed by atoms with Crippen molar-refractivity contribution in [2.24, 2.45) is 0 Å². The van der Waals surface area contributed by atoms with E-state index in [1.165, 1.54) is 12.1 Å². The van der Waals surface area contributed by atoms with Gasteiger partial charge in [0.05, 0.1) is 24.7 Å². The summed E-state index contributed by atoms with van der Waals surface area (Å²) >= 11 is 0. The van der Waals surface area contributed by atoms with Gasteiger partial charge in [0.15, 0.2) is 11.5 Å². The van der Waals surface area contributed by atoms with Gasteiger partial charge in [0.1, 0.15) is 0 Å². The van der Waals surface area contributed by atoms with Crippen LogP contribution in [0, 0.1) is 0 Å². The molecule has 0 saturated heterocycles. The predicted octanol–water partition coefficient (Wildman–Crippen LogP) is 3.13. The molecule has 3 N–H and O–H groups in total. The summed E-state index contributed by atoms with van der Waals surface area (Å²) in [5.41, 5.74) is 0.529. The van der Waals surface area contributed by atoms with E-state index in [0.717, 1.165) is 11.6 Å². The maximum Gasteiger partial charge on any atom is 0.337 e. The third-order valence-corrected chi connectivity index (χ3v) is 5.91. The van der Waals surface area contributed by atoms with Gasteiger partial charge in [0.2, 0.25) is 10.0 Å². The van der Waals surface area contributed by atoms with Crippen molar-refractivity contribution in [3.63, 3.8) is 0 Å². The van der Waals surface area contributed by atoms with Crippen LogP contribution in [0.5, 0.6) is 11.5 Å². The topological polar surface area (TPSA) is 114 Å². The van der Waals surface area contributed by atoms with Crippen molar-refractivity contribution in [2.45, 2.75) is 37.6 Å². The average Bonchev–Trinajstić information content (AvgIpc) is 2.65. The number of carboxylic acids is 1.